The smallest absolute Gasteiger partial charge is 0.378 e. The van der Waals surface area contributed by atoms with Gasteiger partial charge in [0.15, 0.2) is 5.82 Å². The van der Waals surface area contributed by atoms with Crippen LogP contribution < -0.4 is 20.4 Å². The number of morpholine rings is 1. The van der Waals surface area contributed by atoms with Crippen molar-refractivity contribution in [3.8, 4) is 11.4 Å². The number of carbonyl (C=O) groups is 2. The van der Waals surface area contributed by atoms with Crippen LogP contribution in [-0.4, -0.2) is 98.4 Å². The third kappa shape index (κ3) is 6.38. The third-order valence-corrected chi connectivity index (χ3v) is 8.03. The number of rotatable bonds is 5. The number of hydrogen-bond acceptors (Lipinski definition) is 8. The number of likely N-dealkylation sites (N-methyl/N-ethyl adjacent to an activating group) is 1. The summed E-state index contributed by atoms with van der Waals surface area (Å²) in [6.07, 6.45) is -4.06. The number of piperidine rings is 1. The number of nitrogens with one attached hydrogen (secondary N) is 2. The molecule has 0 aliphatic carbocycles. The molecular formula is C27H33F4N7O3. The number of nitrogens with zero attached hydrogens (tertiary/aromatic N) is 5. The number of anilines is 3. The normalized spacial score (nSPS) is 24.2. The van der Waals surface area contributed by atoms with E-state index < -0.39 is 48.6 Å². The Morgan fingerprint density at radius 3 is 2.61 bits per heavy atom. The van der Waals surface area contributed by atoms with Crippen molar-refractivity contribution < 1.29 is 31.9 Å². The third-order valence-electron chi connectivity index (χ3n) is 8.03. The number of carbonyl (C=O) groups excluding carboxylic acids is 2. The Hall–Kier alpha value is -3.52. The van der Waals surface area contributed by atoms with Crippen molar-refractivity contribution in [1.82, 2.24) is 20.2 Å². The van der Waals surface area contributed by atoms with Crippen LogP contribution in [0.3, 0.4) is 0 Å². The molecule has 0 radical (unpaired) electrons. The molecule has 2 unspecified atom stereocenters. The number of ether oxygens (including phenoxy) is 1. The fourth-order valence-electron chi connectivity index (χ4n) is 5.44. The van der Waals surface area contributed by atoms with E-state index in [4.69, 9.17) is 4.74 Å². The molecule has 14 heteroatoms. The molecule has 3 fully saturated rings. The molecule has 3 aliphatic heterocycles. The van der Waals surface area contributed by atoms with Gasteiger partial charge in [0.1, 0.15) is 11.6 Å². The zero-order valence-corrected chi connectivity index (χ0v) is 22.9. The molecule has 4 heterocycles. The zero-order valence-electron chi connectivity index (χ0n) is 22.9. The van der Waals surface area contributed by atoms with Crippen molar-refractivity contribution in [2.45, 2.75) is 25.6 Å². The summed E-state index contributed by atoms with van der Waals surface area (Å²) in [4.78, 5) is 39.9. The molecule has 41 heavy (non-hydrogen) atoms. The Kier molecular flexibility index (Phi) is 8.32. The Labute approximate surface area is 235 Å². The van der Waals surface area contributed by atoms with E-state index >= 15 is 4.39 Å². The van der Waals surface area contributed by atoms with Gasteiger partial charge < -0.3 is 30.1 Å². The van der Waals surface area contributed by atoms with Gasteiger partial charge in [-0.25, -0.2) is 14.4 Å². The number of amides is 2. The molecule has 3 atom stereocenters. The first kappa shape index (κ1) is 29.0. The SMILES string of the molecule is C[C@H]1CN(c2cc(F)c(-c3nccc(N4CCOCC4)n3)cc2NC(=O)C2CNC(=O)CC2C(F)(F)F)CCN1C. The van der Waals surface area contributed by atoms with Gasteiger partial charge in [0, 0.05) is 64.0 Å². The van der Waals surface area contributed by atoms with Gasteiger partial charge in [-0.15, -0.1) is 0 Å². The minimum atomic E-state index is -4.74. The lowest BCUT2D eigenvalue weighted by molar-refractivity contribution is -0.197. The Morgan fingerprint density at radius 2 is 1.90 bits per heavy atom. The van der Waals surface area contributed by atoms with Crippen LogP contribution >= 0.6 is 0 Å². The molecule has 2 amide bonds. The van der Waals surface area contributed by atoms with Crippen molar-refractivity contribution in [2.24, 2.45) is 11.8 Å². The average molecular weight is 580 g/mol. The second kappa shape index (κ2) is 11.8. The molecular weight excluding hydrogens is 546 g/mol. The molecule has 5 rings (SSSR count). The molecule has 0 bridgehead atoms. The maximum atomic E-state index is 15.7. The summed E-state index contributed by atoms with van der Waals surface area (Å²) < 4.78 is 62.5. The van der Waals surface area contributed by atoms with E-state index in [1.54, 1.807) is 6.07 Å². The molecule has 3 saturated heterocycles. The highest BCUT2D eigenvalue weighted by Gasteiger charge is 2.50. The van der Waals surface area contributed by atoms with E-state index in [1.165, 1.54) is 18.3 Å². The summed E-state index contributed by atoms with van der Waals surface area (Å²) in [5, 5.41) is 5.01. The average Bonchev–Trinajstić information content (AvgIpc) is 2.95. The van der Waals surface area contributed by atoms with Gasteiger partial charge in [0.2, 0.25) is 11.8 Å². The van der Waals surface area contributed by atoms with Crippen LogP contribution in [0.15, 0.2) is 24.4 Å². The molecule has 0 spiro atoms. The molecule has 2 aromatic rings. The van der Waals surface area contributed by atoms with Crippen LogP contribution in [0, 0.1) is 17.7 Å². The van der Waals surface area contributed by atoms with Gasteiger partial charge in [-0.3, -0.25) is 9.59 Å². The van der Waals surface area contributed by atoms with Gasteiger partial charge in [-0.1, -0.05) is 0 Å². The van der Waals surface area contributed by atoms with Crippen molar-refractivity contribution in [1.29, 1.82) is 0 Å². The zero-order chi connectivity index (χ0) is 29.3. The van der Waals surface area contributed by atoms with Gasteiger partial charge in [0.05, 0.1) is 42.0 Å². The van der Waals surface area contributed by atoms with Gasteiger partial charge in [0.25, 0.3) is 0 Å². The highest BCUT2D eigenvalue weighted by atomic mass is 19.4. The lowest BCUT2D eigenvalue weighted by atomic mass is 9.84. The number of piperazine rings is 1. The minimum Gasteiger partial charge on any atom is -0.378 e. The predicted molar refractivity (Wildman–Crippen MR) is 144 cm³/mol. The predicted octanol–water partition coefficient (Wildman–Crippen LogP) is 2.51. The van der Waals surface area contributed by atoms with Gasteiger partial charge in [-0.2, -0.15) is 13.2 Å². The number of halogens is 4. The molecule has 1 aromatic carbocycles. The monoisotopic (exact) mass is 579 g/mol. The summed E-state index contributed by atoms with van der Waals surface area (Å²) in [7, 11) is 1.97. The van der Waals surface area contributed by atoms with Crippen molar-refractivity contribution >= 4 is 29.0 Å². The van der Waals surface area contributed by atoms with E-state index in [-0.39, 0.29) is 23.1 Å². The Bertz CT molecular complexity index is 1290. The maximum Gasteiger partial charge on any atom is 0.393 e. The van der Waals surface area contributed by atoms with Crippen molar-refractivity contribution in [3.05, 3.63) is 30.2 Å². The van der Waals surface area contributed by atoms with Gasteiger partial charge >= 0.3 is 6.18 Å². The number of aromatic nitrogens is 2. The van der Waals surface area contributed by atoms with Crippen LogP contribution in [0.25, 0.3) is 11.4 Å². The number of hydrogen-bond donors (Lipinski definition) is 2. The lowest BCUT2D eigenvalue weighted by Gasteiger charge is -2.40. The molecule has 2 N–H and O–H groups in total. The van der Waals surface area contributed by atoms with Gasteiger partial charge in [-0.05, 0) is 26.1 Å². The number of benzene rings is 1. The van der Waals surface area contributed by atoms with Crippen molar-refractivity contribution in [3.63, 3.8) is 0 Å². The van der Waals surface area contributed by atoms with Crippen LogP contribution in [-0.2, 0) is 14.3 Å². The maximum absolute atomic E-state index is 15.7. The van der Waals surface area contributed by atoms with E-state index in [9.17, 15) is 22.8 Å². The number of alkyl halides is 3. The van der Waals surface area contributed by atoms with E-state index in [2.05, 4.69) is 25.5 Å². The van der Waals surface area contributed by atoms with Crippen LogP contribution in [0.2, 0.25) is 0 Å². The minimum absolute atomic E-state index is 0.00523. The molecule has 1 aromatic heterocycles. The first-order chi connectivity index (χ1) is 19.5. The highest BCUT2D eigenvalue weighted by Crippen LogP contribution is 2.39. The first-order valence-electron chi connectivity index (χ1n) is 13.6. The second-order valence-corrected chi connectivity index (χ2v) is 10.7. The summed E-state index contributed by atoms with van der Waals surface area (Å²) in [6, 6.07) is 4.49. The molecule has 0 saturated carbocycles. The Balaban J connectivity index is 1.51. The fourth-order valence-corrected chi connectivity index (χ4v) is 5.44. The summed E-state index contributed by atoms with van der Waals surface area (Å²) in [5.74, 6) is -5.29. The van der Waals surface area contributed by atoms with E-state index in [0.29, 0.717) is 57.4 Å². The topological polar surface area (TPSA) is 103 Å². The summed E-state index contributed by atoms with van der Waals surface area (Å²) in [5.41, 5.74) is 0.513. The van der Waals surface area contributed by atoms with Crippen molar-refractivity contribution in [2.75, 3.05) is 74.6 Å². The van der Waals surface area contributed by atoms with Crippen LogP contribution in [0.1, 0.15) is 13.3 Å². The first-order valence-corrected chi connectivity index (χ1v) is 13.6. The largest absolute Gasteiger partial charge is 0.393 e. The highest BCUT2D eigenvalue weighted by molar-refractivity contribution is 5.98. The van der Waals surface area contributed by atoms with Crippen LogP contribution in [0.4, 0.5) is 34.8 Å². The van der Waals surface area contributed by atoms with E-state index in [0.717, 1.165) is 0 Å². The molecule has 3 aliphatic rings. The van der Waals surface area contributed by atoms with Crippen LogP contribution in [0.5, 0.6) is 0 Å². The lowest BCUT2D eigenvalue weighted by Crippen LogP contribution is -2.51. The fraction of sp³-hybridized carbons (Fsp3) is 0.556. The molecule has 10 nitrogen and oxygen atoms in total. The standard InChI is InChI=1S/C27H33F4N7O3/c1-16-15-38(6-5-36(16)2)22-13-20(28)17(25-32-4-3-23(35-25)37-7-9-41-10-8-37)11-21(22)34-26(40)18-14-33-24(39)12-19(18)27(29,30)31/h3-4,11,13,16,18-19H,5-10,12,14-15H2,1-2H3,(H,33,39)(H,34,40)/t16-,18?,19?/m0/s1. The summed E-state index contributed by atoms with van der Waals surface area (Å²) in [6.45, 7) is 5.56. The van der Waals surface area contributed by atoms with E-state index in [1.807, 2.05) is 23.8 Å². The quantitative estimate of drug-likeness (QED) is 0.522. The molecule has 222 valence electrons. The Morgan fingerprint density at radius 1 is 1.15 bits per heavy atom. The summed E-state index contributed by atoms with van der Waals surface area (Å²) >= 11 is 0. The second-order valence-electron chi connectivity index (χ2n) is 10.7.